The number of esters is 1. The van der Waals surface area contributed by atoms with Crippen LogP contribution >= 0.6 is 0 Å². The zero-order valence-electron chi connectivity index (χ0n) is 14.5. The van der Waals surface area contributed by atoms with Crippen molar-refractivity contribution >= 4 is 11.6 Å². The van der Waals surface area contributed by atoms with Crippen LogP contribution in [0.5, 0.6) is 11.5 Å². The van der Waals surface area contributed by atoms with E-state index in [0.717, 1.165) is 5.69 Å². The van der Waals surface area contributed by atoms with Crippen LogP contribution in [0.4, 0.5) is 0 Å². The van der Waals surface area contributed by atoms with Crippen LogP contribution in [0.3, 0.4) is 0 Å². The molecule has 0 aliphatic carbocycles. The Hall–Kier alpha value is -3.35. The molecule has 0 aliphatic rings. The number of aryl methyl sites for hydroxylation is 1. The van der Waals surface area contributed by atoms with E-state index in [-0.39, 0.29) is 18.8 Å². The molecule has 2 heterocycles. The molecule has 0 aliphatic heterocycles. The molecular weight excluding hydrogens is 336 g/mol. The molecule has 0 saturated heterocycles. The molecule has 7 heteroatoms. The highest BCUT2D eigenvalue weighted by molar-refractivity contribution is 5.71. The Morgan fingerprint density at radius 2 is 1.88 bits per heavy atom. The highest BCUT2D eigenvalue weighted by atomic mass is 16.6. The number of hydrogen-bond donors (Lipinski definition) is 0. The van der Waals surface area contributed by atoms with Crippen LogP contribution in [0.15, 0.2) is 53.3 Å². The number of methoxy groups -OCH3 is 1. The zero-order valence-corrected chi connectivity index (χ0v) is 14.5. The van der Waals surface area contributed by atoms with E-state index in [4.69, 9.17) is 14.2 Å². The highest BCUT2D eigenvalue weighted by Crippen LogP contribution is 2.25. The first-order valence-electron chi connectivity index (χ1n) is 7.98. The monoisotopic (exact) mass is 354 g/mol. The van der Waals surface area contributed by atoms with Crippen LogP contribution < -0.4 is 15.0 Å². The lowest BCUT2D eigenvalue weighted by molar-refractivity contribution is -0.147. The van der Waals surface area contributed by atoms with E-state index in [2.05, 4.69) is 4.98 Å². The summed E-state index contributed by atoms with van der Waals surface area (Å²) in [6.45, 7) is 1.45. The fourth-order valence-corrected chi connectivity index (χ4v) is 2.51. The van der Waals surface area contributed by atoms with Crippen LogP contribution in [-0.2, 0) is 16.1 Å². The van der Waals surface area contributed by atoms with Gasteiger partial charge in [0.05, 0.1) is 12.8 Å². The Morgan fingerprint density at radius 3 is 2.65 bits per heavy atom. The van der Waals surface area contributed by atoms with Gasteiger partial charge in [-0.15, -0.1) is 0 Å². The van der Waals surface area contributed by atoms with E-state index in [1.54, 1.807) is 30.3 Å². The molecule has 0 amide bonds. The van der Waals surface area contributed by atoms with E-state index < -0.39 is 5.97 Å². The minimum absolute atomic E-state index is 0.103. The summed E-state index contributed by atoms with van der Waals surface area (Å²) in [6, 6.07) is 13.7. The van der Waals surface area contributed by atoms with Gasteiger partial charge in [0.25, 0.3) is 5.56 Å². The molecule has 0 bridgehead atoms. The summed E-state index contributed by atoms with van der Waals surface area (Å²) >= 11 is 0. The molecule has 0 unspecified atom stereocenters. The number of aromatic nitrogens is 2. The number of para-hydroxylation sites is 2. The number of rotatable bonds is 6. The molecule has 134 valence electrons. The highest BCUT2D eigenvalue weighted by Gasteiger charge is 2.10. The molecule has 0 spiro atoms. The molecule has 0 saturated carbocycles. The number of ether oxygens (including phenoxy) is 3. The van der Waals surface area contributed by atoms with E-state index >= 15 is 0 Å². The van der Waals surface area contributed by atoms with Crippen molar-refractivity contribution in [3.05, 3.63) is 70.3 Å². The average Bonchev–Trinajstić information content (AvgIpc) is 2.64. The molecule has 0 fully saturated rings. The van der Waals surface area contributed by atoms with E-state index in [1.165, 1.54) is 17.6 Å². The van der Waals surface area contributed by atoms with Gasteiger partial charge in [-0.25, -0.2) is 9.78 Å². The smallest absolute Gasteiger partial charge is 0.344 e. The van der Waals surface area contributed by atoms with Crippen molar-refractivity contribution < 1.29 is 19.0 Å². The summed E-state index contributed by atoms with van der Waals surface area (Å²) in [5.41, 5.74) is 1.46. The molecule has 3 rings (SSSR count). The second kappa shape index (κ2) is 7.69. The minimum atomic E-state index is -0.567. The number of pyridine rings is 1. The van der Waals surface area contributed by atoms with Crippen molar-refractivity contribution in [3.63, 3.8) is 0 Å². The molecule has 1 aromatic carbocycles. The fourth-order valence-electron chi connectivity index (χ4n) is 2.51. The van der Waals surface area contributed by atoms with Crippen molar-refractivity contribution in [2.75, 3.05) is 13.7 Å². The zero-order chi connectivity index (χ0) is 18.5. The first-order chi connectivity index (χ1) is 12.6. The van der Waals surface area contributed by atoms with Crippen LogP contribution in [-0.4, -0.2) is 29.1 Å². The molecule has 0 radical (unpaired) electrons. The molecule has 0 N–H and O–H groups in total. The Bertz CT molecular complexity index is 997. The maximum Gasteiger partial charge on any atom is 0.344 e. The first-order valence-corrected chi connectivity index (χ1v) is 7.98. The molecular formula is C19H18N2O5. The summed E-state index contributed by atoms with van der Waals surface area (Å²) in [7, 11) is 1.52. The van der Waals surface area contributed by atoms with E-state index in [9.17, 15) is 9.59 Å². The number of fused-ring (bicyclic) bond motifs is 1. The second-order valence-electron chi connectivity index (χ2n) is 5.55. The predicted octanol–water partition coefficient (Wildman–Crippen LogP) is 2.13. The number of carbonyl (C=O) groups is 1. The summed E-state index contributed by atoms with van der Waals surface area (Å²) in [4.78, 5) is 28.4. The molecule has 7 nitrogen and oxygen atoms in total. The maximum atomic E-state index is 12.2. The van der Waals surface area contributed by atoms with Crippen LogP contribution in [0.1, 0.15) is 11.4 Å². The number of hydrogen-bond acceptors (Lipinski definition) is 6. The third-order valence-electron chi connectivity index (χ3n) is 3.73. The summed E-state index contributed by atoms with van der Waals surface area (Å²) < 4.78 is 17.2. The topological polar surface area (TPSA) is 79.1 Å². The number of carbonyl (C=O) groups excluding carboxylic acids is 1. The summed E-state index contributed by atoms with van der Waals surface area (Å²) in [6.07, 6.45) is 0. The van der Waals surface area contributed by atoms with Crippen molar-refractivity contribution in [2.45, 2.75) is 13.5 Å². The Kier molecular flexibility index (Phi) is 5.17. The SMILES string of the molecule is COc1ccccc1OCC(=O)OCc1cc(=O)n2c(C)cccc2n1. The van der Waals surface area contributed by atoms with Gasteiger partial charge in [0.1, 0.15) is 12.3 Å². The third-order valence-corrected chi connectivity index (χ3v) is 3.73. The minimum Gasteiger partial charge on any atom is -0.493 e. The van der Waals surface area contributed by atoms with Crippen molar-refractivity contribution in [3.8, 4) is 11.5 Å². The summed E-state index contributed by atoms with van der Waals surface area (Å²) in [5, 5.41) is 0. The Balaban J connectivity index is 1.63. The van der Waals surface area contributed by atoms with Gasteiger partial charge in [0.2, 0.25) is 0 Å². The van der Waals surface area contributed by atoms with Crippen molar-refractivity contribution in [1.82, 2.24) is 9.38 Å². The lowest BCUT2D eigenvalue weighted by Gasteiger charge is -2.10. The van der Waals surface area contributed by atoms with Crippen LogP contribution in [0, 0.1) is 6.92 Å². The quantitative estimate of drug-likeness (QED) is 0.631. The van der Waals surface area contributed by atoms with Gasteiger partial charge in [-0.05, 0) is 31.2 Å². The Morgan fingerprint density at radius 1 is 1.12 bits per heavy atom. The third kappa shape index (κ3) is 3.83. The lowest BCUT2D eigenvalue weighted by atomic mass is 10.3. The van der Waals surface area contributed by atoms with Crippen molar-refractivity contribution in [2.24, 2.45) is 0 Å². The van der Waals surface area contributed by atoms with Gasteiger partial charge in [0.15, 0.2) is 18.1 Å². The molecule has 3 aromatic rings. The lowest BCUT2D eigenvalue weighted by Crippen LogP contribution is -2.19. The van der Waals surface area contributed by atoms with Gasteiger partial charge in [-0.2, -0.15) is 0 Å². The standard InChI is InChI=1S/C19H18N2O5/c1-13-6-5-9-17-20-14(10-18(22)21(13)17)11-26-19(23)12-25-16-8-4-3-7-15(16)24-2/h3-10H,11-12H2,1-2H3. The molecule has 26 heavy (non-hydrogen) atoms. The average molecular weight is 354 g/mol. The van der Waals surface area contributed by atoms with E-state index in [1.807, 2.05) is 19.1 Å². The first kappa shape index (κ1) is 17.5. The second-order valence-corrected chi connectivity index (χ2v) is 5.55. The predicted molar refractivity (Wildman–Crippen MR) is 94.5 cm³/mol. The van der Waals surface area contributed by atoms with Gasteiger partial charge >= 0.3 is 5.97 Å². The van der Waals surface area contributed by atoms with Crippen LogP contribution in [0.2, 0.25) is 0 Å². The Labute approximate surface area is 149 Å². The van der Waals surface area contributed by atoms with Crippen molar-refractivity contribution in [1.29, 1.82) is 0 Å². The maximum absolute atomic E-state index is 12.2. The molecule has 2 aromatic heterocycles. The summed E-state index contributed by atoms with van der Waals surface area (Å²) in [5.74, 6) is 0.409. The normalized spacial score (nSPS) is 10.5. The number of nitrogens with zero attached hydrogens (tertiary/aromatic N) is 2. The van der Waals surface area contributed by atoms with Gasteiger partial charge in [-0.3, -0.25) is 9.20 Å². The van der Waals surface area contributed by atoms with Crippen LogP contribution in [0.25, 0.3) is 5.65 Å². The van der Waals surface area contributed by atoms with Gasteiger partial charge < -0.3 is 14.2 Å². The fraction of sp³-hybridized carbons (Fsp3) is 0.211. The number of benzene rings is 1. The molecule has 0 atom stereocenters. The van der Waals surface area contributed by atoms with E-state index in [0.29, 0.717) is 22.8 Å². The van der Waals surface area contributed by atoms with Gasteiger partial charge in [0, 0.05) is 11.8 Å². The van der Waals surface area contributed by atoms with Gasteiger partial charge in [-0.1, -0.05) is 18.2 Å². The largest absolute Gasteiger partial charge is 0.493 e.